The molecule has 1 aromatic rings. The fourth-order valence-electron chi connectivity index (χ4n) is 2.25. The van der Waals surface area contributed by atoms with Crippen molar-refractivity contribution in [1.29, 1.82) is 0 Å². The molecule has 112 valence electrons. The Morgan fingerprint density at radius 1 is 1.33 bits per heavy atom. The van der Waals surface area contributed by atoms with Crippen molar-refractivity contribution in [3.63, 3.8) is 0 Å². The first-order valence-corrected chi connectivity index (χ1v) is 6.58. The van der Waals surface area contributed by atoms with Gasteiger partial charge in [-0.25, -0.2) is 4.79 Å². The summed E-state index contributed by atoms with van der Waals surface area (Å²) in [6.45, 7) is 4.83. The van der Waals surface area contributed by atoms with Crippen LogP contribution < -0.4 is 10.1 Å². The molecule has 0 aliphatic carbocycles. The Morgan fingerprint density at radius 2 is 2.00 bits per heavy atom. The van der Waals surface area contributed by atoms with Gasteiger partial charge in [-0.3, -0.25) is 14.5 Å². The van der Waals surface area contributed by atoms with Crippen LogP contribution in [0.25, 0.3) is 0 Å². The maximum absolute atomic E-state index is 12.2. The van der Waals surface area contributed by atoms with Crippen molar-refractivity contribution < 1.29 is 19.1 Å². The van der Waals surface area contributed by atoms with E-state index in [9.17, 15) is 14.4 Å². The number of imide groups is 1. The minimum Gasteiger partial charge on any atom is -0.496 e. The van der Waals surface area contributed by atoms with Crippen molar-refractivity contribution in [3.8, 4) is 5.75 Å². The molecule has 6 heteroatoms. The molecule has 0 aromatic heterocycles. The molecular weight excluding hydrogens is 272 g/mol. The Labute approximate surface area is 123 Å². The van der Waals surface area contributed by atoms with Gasteiger partial charge in [0.1, 0.15) is 11.3 Å². The fraction of sp³-hybridized carbons (Fsp3) is 0.400. The van der Waals surface area contributed by atoms with Crippen LogP contribution in [-0.4, -0.2) is 35.3 Å². The number of hydrogen-bond acceptors (Lipinski definition) is 4. The predicted molar refractivity (Wildman–Crippen MR) is 76.2 cm³/mol. The fourth-order valence-corrected chi connectivity index (χ4v) is 2.25. The number of amides is 3. The lowest BCUT2D eigenvalue weighted by molar-refractivity contribution is -0.130. The average Bonchev–Trinajstić information content (AvgIpc) is 2.60. The summed E-state index contributed by atoms with van der Waals surface area (Å²) in [4.78, 5) is 36.7. The molecule has 2 rings (SSSR count). The quantitative estimate of drug-likeness (QED) is 0.677. The Hall–Kier alpha value is -2.37. The van der Waals surface area contributed by atoms with E-state index in [2.05, 4.69) is 5.32 Å². The zero-order valence-corrected chi connectivity index (χ0v) is 12.5. The van der Waals surface area contributed by atoms with E-state index in [1.165, 1.54) is 14.0 Å². The number of Topliss-reactive ketones (excluding diaryl/α,β-unsaturated/α-hetero) is 1. The first-order valence-electron chi connectivity index (χ1n) is 6.58. The molecule has 0 unspecified atom stereocenters. The highest BCUT2D eigenvalue weighted by Gasteiger charge is 2.44. The van der Waals surface area contributed by atoms with E-state index in [0.29, 0.717) is 16.9 Å². The minimum absolute atomic E-state index is 0.0678. The number of nitrogens with one attached hydrogen (secondary N) is 1. The molecule has 0 atom stereocenters. The number of rotatable bonds is 4. The van der Waals surface area contributed by atoms with Crippen LogP contribution in [0.3, 0.4) is 0 Å². The van der Waals surface area contributed by atoms with E-state index in [0.717, 1.165) is 4.90 Å². The van der Waals surface area contributed by atoms with Crippen molar-refractivity contribution >= 4 is 17.7 Å². The molecule has 0 bridgehead atoms. The van der Waals surface area contributed by atoms with Gasteiger partial charge in [-0.15, -0.1) is 0 Å². The lowest BCUT2D eigenvalue weighted by Crippen LogP contribution is -2.40. The van der Waals surface area contributed by atoms with Gasteiger partial charge in [0.2, 0.25) is 0 Å². The number of ether oxygens (including phenoxy) is 1. The Morgan fingerprint density at radius 3 is 2.48 bits per heavy atom. The van der Waals surface area contributed by atoms with Gasteiger partial charge in [0.25, 0.3) is 5.91 Å². The van der Waals surface area contributed by atoms with Crippen molar-refractivity contribution in [2.75, 3.05) is 7.11 Å². The molecule has 0 saturated carbocycles. The smallest absolute Gasteiger partial charge is 0.325 e. The van der Waals surface area contributed by atoms with Crippen LogP contribution in [0.4, 0.5) is 4.79 Å². The van der Waals surface area contributed by atoms with Crippen LogP contribution in [-0.2, 0) is 11.3 Å². The zero-order chi connectivity index (χ0) is 15.8. The maximum atomic E-state index is 12.2. The molecule has 1 heterocycles. The van der Waals surface area contributed by atoms with Gasteiger partial charge in [0.05, 0.1) is 13.7 Å². The molecule has 6 nitrogen and oxygen atoms in total. The summed E-state index contributed by atoms with van der Waals surface area (Å²) in [7, 11) is 1.50. The van der Waals surface area contributed by atoms with E-state index in [-0.39, 0.29) is 18.2 Å². The molecule has 21 heavy (non-hydrogen) atoms. The lowest BCUT2D eigenvalue weighted by atomic mass is 10.0. The molecule has 1 aliphatic heterocycles. The van der Waals surface area contributed by atoms with Crippen LogP contribution in [0, 0.1) is 0 Å². The molecule has 0 spiro atoms. The lowest BCUT2D eigenvalue weighted by Gasteiger charge is -2.17. The zero-order valence-electron chi connectivity index (χ0n) is 12.5. The van der Waals surface area contributed by atoms with Gasteiger partial charge in [-0.2, -0.15) is 0 Å². The summed E-state index contributed by atoms with van der Waals surface area (Å²) in [5, 5.41) is 2.62. The molecular formula is C15H18N2O4. The first-order chi connectivity index (χ1) is 9.76. The van der Waals surface area contributed by atoms with Gasteiger partial charge >= 0.3 is 6.03 Å². The summed E-state index contributed by atoms with van der Waals surface area (Å²) in [6.07, 6.45) is 0. The van der Waals surface area contributed by atoms with E-state index in [1.807, 2.05) is 0 Å². The summed E-state index contributed by atoms with van der Waals surface area (Å²) >= 11 is 0. The van der Waals surface area contributed by atoms with E-state index < -0.39 is 11.6 Å². The third-order valence-corrected chi connectivity index (χ3v) is 3.46. The summed E-state index contributed by atoms with van der Waals surface area (Å²) < 4.78 is 5.23. The molecule has 3 amide bonds. The van der Waals surface area contributed by atoms with Gasteiger partial charge in [0.15, 0.2) is 5.78 Å². The second kappa shape index (κ2) is 5.20. The second-order valence-corrected chi connectivity index (χ2v) is 5.53. The second-order valence-electron chi connectivity index (χ2n) is 5.53. The summed E-state index contributed by atoms with van der Waals surface area (Å²) in [6, 6.07) is 4.52. The van der Waals surface area contributed by atoms with Crippen molar-refractivity contribution in [3.05, 3.63) is 29.3 Å². The topological polar surface area (TPSA) is 75.7 Å². The molecule has 0 radical (unpaired) electrons. The van der Waals surface area contributed by atoms with Crippen LogP contribution in [0.15, 0.2) is 18.2 Å². The summed E-state index contributed by atoms with van der Waals surface area (Å²) in [5.41, 5.74) is 0.214. The van der Waals surface area contributed by atoms with Crippen LogP contribution >= 0.6 is 0 Å². The predicted octanol–water partition coefficient (Wildman–Crippen LogP) is 1.73. The highest BCUT2D eigenvalue weighted by Crippen LogP contribution is 2.25. The number of benzene rings is 1. The third-order valence-electron chi connectivity index (χ3n) is 3.46. The Bertz CT molecular complexity index is 622. The SMILES string of the molecule is COc1ccc(C(C)=O)cc1CN1C(=O)NC(C)(C)C1=O. The van der Waals surface area contributed by atoms with Gasteiger partial charge in [-0.1, -0.05) is 0 Å². The van der Waals surface area contributed by atoms with Crippen molar-refractivity contribution in [2.24, 2.45) is 0 Å². The van der Waals surface area contributed by atoms with Crippen molar-refractivity contribution in [1.82, 2.24) is 10.2 Å². The van der Waals surface area contributed by atoms with Gasteiger partial charge in [0, 0.05) is 11.1 Å². The maximum Gasteiger partial charge on any atom is 0.325 e. The van der Waals surface area contributed by atoms with Gasteiger partial charge in [-0.05, 0) is 39.0 Å². The number of carbonyl (C=O) groups is 3. The monoisotopic (exact) mass is 290 g/mol. The van der Waals surface area contributed by atoms with Crippen LogP contribution in [0.5, 0.6) is 5.75 Å². The van der Waals surface area contributed by atoms with Crippen LogP contribution in [0.1, 0.15) is 36.7 Å². The molecule has 1 aromatic carbocycles. The standard InChI is InChI=1S/C15H18N2O4/c1-9(18)10-5-6-12(21-4)11(7-10)8-17-13(19)15(2,3)16-14(17)20/h5-7H,8H2,1-4H3,(H,16,20). The number of hydrogen-bond donors (Lipinski definition) is 1. The number of urea groups is 1. The minimum atomic E-state index is -0.914. The third kappa shape index (κ3) is 2.74. The Kier molecular flexibility index (Phi) is 3.72. The molecule has 1 fully saturated rings. The Balaban J connectivity index is 2.35. The molecule has 1 N–H and O–H groups in total. The highest BCUT2D eigenvalue weighted by molar-refractivity contribution is 6.06. The van der Waals surface area contributed by atoms with E-state index in [1.54, 1.807) is 32.0 Å². The molecule has 1 aliphatic rings. The van der Waals surface area contributed by atoms with E-state index in [4.69, 9.17) is 4.74 Å². The number of methoxy groups -OCH3 is 1. The van der Waals surface area contributed by atoms with Crippen molar-refractivity contribution in [2.45, 2.75) is 32.9 Å². The van der Waals surface area contributed by atoms with Gasteiger partial charge < -0.3 is 10.1 Å². The first kappa shape index (κ1) is 15.0. The number of carbonyl (C=O) groups excluding carboxylic acids is 3. The van der Waals surface area contributed by atoms with Crippen LogP contribution in [0.2, 0.25) is 0 Å². The number of nitrogens with zero attached hydrogens (tertiary/aromatic N) is 1. The molecule has 1 saturated heterocycles. The highest BCUT2D eigenvalue weighted by atomic mass is 16.5. The largest absolute Gasteiger partial charge is 0.496 e. The summed E-state index contributed by atoms with van der Waals surface area (Å²) in [5.74, 6) is 0.143. The van der Waals surface area contributed by atoms with E-state index >= 15 is 0 Å². The average molecular weight is 290 g/mol. The normalized spacial score (nSPS) is 16.9. The number of ketones is 1.